The van der Waals surface area contributed by atoms with E-state index in [-0.39, 0.29) is 5.78 Å². The number of likely N-dealkylation sites (tertiary alicyclic amines) is 1. The van der Waals surface area contributed by atoms with Crippen molar-refractivity contribution in [3.63, 3.8) is 0 Å². The van der Waals surface area contributed by atoms with Crippen molar-refractivity contribution in [2.45, 2.75) is 51.4 Å². The molecule has 0 spiro atoms. The minimum absolute atomic E-state index is 0.00326. The summed E-state index contributed by atoms with van der Waals surface area (Å²) in [6.45, 7) is 4.59. The monoisotopic (exact) mass is 571 g/mol. The molecule has 0 radical (unpaired) electrons. The SMILES string of the molecule is COc1ccc(-c2sc3cc(OC)ccc3c2C(=O)c2ccc(OCCCCCCCCN3CCCC3)cc2)cc1. The van der Waals surface area contributed by atoms with Crippen LogP contribution in [0.2, 0.25) is 0 Å². The normalized spacial score (nSPS) is 13.5. The Morgan fingerprint density at radius 3 is 2.10 bits per heavy atom. The smallest absolute Gasteiger partial charge is 0.195 e. The zero-order chi connectivity index (χ0) is 28.4. The van der Waals surface area contributed by atoms with Gasteiger partial charge in [-0.2, -0.15) is 0 Å². The lowest BCUT2D eigenvalue weighted by atomic mass is 9.97. The molecule has 0 bridgehead atoms. The fourth-order valence-corrected chi connectivity index (χ4v) is 6.80. The lowest BCUT2D eigenvalue weighted by molar-refractivity contribution is 0.104. The Labute approximate surface area is 248 Å². The van der Waals surface area contributed by atoms with Crippen molar-refractivity contribution < 1.29 is 19.0 Å². The van der Waals surface area contributed by atoms with E-state index in [1.807, 2.05) is 66.7 Å². The van der Waals surface area contributed by atoms with E-state index in [1.54, 1.807) is 25.6 Å². The van der Waals surface area contributed by atoms with Gasteiger partial charge in [0.05, 0.1) is 20.8 Å². The molecule has 1 aliphatic rings. The molecule has 1 saturated heterocycles. The maximum absolute atomic E-state index is 13.9. The first kappa shape index (κ1) is 29.2. The van der Waals surface area contributed by atoms with E-state index in [0.717, 1.165) is 44.2 Å². The summed E-state index contributed by atoms with van der Waals surface area (Å²) in [6, 6.07) is 21.3. The van der Waals surface area contributed by atoms with Crippen LogP contribution >= 0.6 is 11.3 Å². The lowest BCUT2D eigenvalue weighted by Crippen LogP contribution is -2.20. The standard InChI is InChI=1S/C35H41NO4S/c1-38-28-15-13-27(14-16-28)35-33(31-20-19-30(39-2)25-32(31)41-35)34(37)26-11-17-29(18-12-26)40-24-10-6-4-3-5-7-21-36-22-8-9-23-36/h11-20,25H,3-10,21-24H2,1-2H3. The maximum atomic E-state index is 13.9. The van der Waals surface area contributed by atoms with Crippen LogP contribution in [-0.2, 0) is 0 Å². The zero-order valence-corrected chi connectivity index (χ0v) is 25.1. The Morgan fingerprint density at radius 2 is 1.39 bits per heavy atom. The van der Waals surface area contributed by atoms with Crippen molar-refractivity contribution >= 4 is 27.2 Å². The Bertz CT molecular complexity index is 1400. The number of rotatable bonds is 15. The van der Waals surface area contributed by atoms with Gasteiger partial charge in [-0.15, -0.1) is 11.3 Å². The van der Waals surface area contributed by atoms with Gasteiger partial charge in [-0.1, -0.05) is 25.7 Å². The molecule has 0 unspecified atom stereocenters. The minimum atomic E-state index is 0.00326. The van der Waals surface area contributed by atoms with Gasteiger partial charge >= 0.3 is 0 Å². The van der Waals surface area contributed by atoms with E-state index in [9.17, 15) is 4.79 Å². The molecular formula is C35H41NO4S. The first-order chi connectivity index (χ1) is 20.2. The van der Waals surface area contributed by atoms with E-state index in [4.69, 9.17) is 14.2 Å². The van der Waals surface area contributed by atoms with Crippen molar-refractivity contribution in [3.05, 3.63) is 77.9 Å². The van der Waals surface area contributed by atoms with Crippen molar-refractivity contribution in [1.82, 2.24) is 4.90 Å². The number of hydrogen-bond acceptors (Lipinski definition) is 6. The summed E-state index contributed by atoms with van der Waals surface area (Å²) < 4.78 is 17.8. The highest BCUT2D eigenvalue weighted by Gasteiger charge is 2.22. The molecule has 1 aromatic heterocycles. The van der Waals surface area contributed by atoms with Gasteiger partial charge in [-0.25, -0.2) is 0 Å². The summed E-state index contributed by atoms with van der Waals surface area (Å²) in [5.74, 6) is 2.37. The van der Waals surface area contributed by atoms with Crippen LogP contribution in [0.4, 0.5) is 0 Å². The van der Waals surface area contributed by atoms with Gasteiger partial charge in [0, 0.05) is 26.1 Å². The van der Waals surface area contributed by atoms with E-state index in [1.165, 1.54) is 64.6 Å². The second-order valence-corrected chi connectivity index (χ2v) is 11.8. The quantitative estimate of drug-likeness (QED) is 0.106. The van der Waals surface area contributed by atoms with Crippen LogP contribution in [0.3, 0.4) is 0 Å². The molecule has 0 aliphatic carbocycles. The largest absolute Gasteiger partial charge is 0.497 e. The van der Waals surface area contributed by atoms with Crippen molar-refractivity contribution in [1.29, 1.82) is 0 Å². The molecule has 4 aromatic rings. The molecule has 216 valence electrons. The summed E-state index contributed by atoms with van der Waals surface area (Å²) in [5, 5.41) is 0.933. The van der Waals surface area contributed by atoms with Gasteiger partial charge in [0.15, 0.2) is 5.78 Å². The van der Waals surface area contributed by atoms with Crippen LogP contribution in [-0.4, -0.2) is 51.1 Å². The molecule has 41 heavy (non-hydrogen) atoms. The number of carbonyl (C=O) groups excluding carboxylic acids is 1. The number of thiophene rings is 1. The fraction of sp³-hybridized carbons (Fsp3) is 0.400. The average Bonchev–Trinajstić information content (AvgIpc) is 3.68. The molecule has 0 atom stereocenters. The van der Waals surface area contributed by atoms with E-state index < -0.39 is 0 Å². The Balaban J connectivity index is 1.18. The van der Waals surface area contributed by atoms with Crippen LogP contribution in [0.1, 0.15) is 67.3 Å². The van der Waals surface area contributed by atoms with Gasteiger partial charge in [0.1, 0.15) is 17.2 Å². The van der Waals surface area contributed by atoms with Gasteiger partial charge in [0.25, 0.3) is 0 Å². The number of hydrogen-bond donors (Lipinski definition) is 0. The highest BCUT2D eigenvalue weighted by Crippen LogP contribution is 2.41. The Kier molecular flexibility index (Phi) is 10.3. The summed E-state index contributed by atoms with van der Waals surface area (Å²) in [4.78, 5) is 17.4. The molecule has 2 heterocycles. The van der Waals surface area contributed by atoms with Crippen LogP contribution < -0.4 is 14.2 Å². The summed E-state index contributed by atoms with van der Waals surface area (Å²) in [6.07, 6.45) is 10.3. The number of nitrogens with zero attached hydrogens (tertiary/aromatic N) is 1. The first-order valence-electron chi connectivity index (χ1n) is 14.9. The van der Waals surface area contributed by atoms with Crippen LogP contribution in [0.25, 0.3) is 20.5 Å². The van der Waals surface area contributed by atoms with E-state index in [0.29, 0.717) is 17.7 Å². The molecular weight excluding hydrogens is 530 g/mol. The average molecular weight is 572 g/mol. The second-order valence-electron chi connectivity index (χ2n) is 10.8. The molecule has 6 heteroatoms. The molecule has 0 N–H and O–H groups in total. The van der Waals surface area contributed by atoms with Crippen molar-refractivity contribution in [2.24, 2.45) is 0 Å². The predicted molar refractivity (Wildman–Crippen MR) is 169 cm³/mol. The molecule has 0 saturated carbocycles. The molecule has 3 aromatic carbocycles. The summed E-state index contributed by atoms with van der Waals surface area (Å²) >= 11 is 1.60. The highest BCUT2D eigenvalue weighted by molar-refractivity contribution is 7.22. The zero-order valence-electron chi connectivity index (χ0n) is 24.3. The number of unbranched alkanes of at least 4 members (excludes halogenated alkanes) is 5. The summed E-state index contributed by atoms with van der Waals surface area (Å²) in [5.41, 5.74) is 2.35. The number of methoxy groups -OCH3 is 2. The van der Waals surface area contributed by atoms with Crippen LogP contribution in [0.5, 0.6) is 17.2 Å². The fourth-order valence-electron chi connectivity index (χ4n) is 5.56. The van der Waals surface area contributed by atoms with Gasteiger partial charge in [-0.3, -0.25) is 4.79 Å². The predicted octanol–water partition coefficient (Wildman–Crippen LogP) is 8.63. The number of fused-ring (bicyclic) bond motifs is 1. The van der Waals surface area contributed by atoms with Crippen LogP contribution in [0, 0.1) is 0 Å². The third-order valence-corrected chi connectivity index (χ3v) is 9.13. The number of ketones is 1. The van der Waals surface area contributed by atoms with Crippen molar-refractivity contribution in [3.8, 4) is 27.7 Å². The van der Waals surface area contributed by atoms with E-state index in [2.05, 4.69) is 4.90 Å². The van der Waals surface area contributed by atoms with Crippen molar-refractivity contribution in [2.75, 3.05) is 40.5 Å². The molecule has 5 nitrogen and oxygen atoms in total. The van der Waals surface area contributed by atoms with Gasteiger partial charge in [0.2, 0.25) is 0 Å². The molecule has 5 rings (SSSR count). The first-order valence-corrected chi connectivity index (χ1v) is 15.7. The molecule has 1 fully saturated rings. The van der Waals surface area contributed by atoms with Gasteiger partial charge in [-0.05, 0) is 118 Å². The minimum Gasteiger partial charge on any atom is -0.497 e. The lowest BCUT2D eigenvalue weighted by Gasteiger charge is -2.13. The molecule has 0 amide bonds. The van der Waals surface area contributed by atoms with E-state index >= 15 is 0 Å². The Hall–Kier alpha value is -3.35. The topological polar surface area (TPSA) is 48.0 Å². The Morgan fingerprint density at radius 1 is 0.756 bits per heavy atom. The summed E-state index contributed by atoms with van der Waals surface area (Å²) in [7, 11) is 3.31. The number of ether oxygens (including phenoxy) is 3. The third kappa shape index (κ3) is 7.49. The number of benzene rings is 3. The van der Waals surface area contributed by atoms with Gasteiger partial charge < -0.3 is 19.1 Å². The maximum Gasteiger partial charge on any atom is 0.195 e. The number of carbonyl (C=O) groups is 1. The highest BCUT2D eigenvalue weighted by atomic mass is 32.1. The van der Waals surface area contributed by atoms with Crippen LogP contribution in [0.15, 0.2) is 66.7 Å². The second kappa shape index (κ2) is 14.5. The molecule has 1 aliphatic heterocycles. The third-order valence-electron chi connectivity index (χ3n) is 7.93.